The van der Waals surface area contributed by atoms with Crippen LogP contribution < -0.4 is 4.74 Å². The highest BCUT2D eigenvalue weighted by atomic mass is 16.5. The third-order valence-electron chi connectivity index (χ3n) is 3.80. The minimum absolute atomic E-state index is 0.0283. The number of benzene rings is 1. The van der Waals surface area contributed by atoms with Crippen molar-refractivity contribution >= 4 is 0 Å². The maximum absolute atomic E-state index is 10.0. The summed E-state index contributed by atoms with van der Waals surface area (Å²) in [5.41, 5.74) is -0.101. The van der Waals surface area contributed by atoms with Gasteiger partial charge in [0.2, 0.25) is 5.82 Å². The van der Waals surface area contributed by atoms with Crippen LogP contribution in [-0.2, 0) is 10.3 Å². The van der Waals surface area contributed by atoms with Crippen LogP contribution in [0, 0.1) is 0 Å². The molecule has 1 aromatic heterocycles. The van der Waals surface area contributed by atoms with Crippen LogP contribution in [0.3, 0.4) is 0 Å². The van der Waals surface area contributed by atoms with Gasteiger partial charge in [0.1, 0.15) is 17.1 Å². The molecule has 0 atom stereocenters. The number of phenolic OH excluding ortho intramolecular Hbond substituents is 1. The molecule has 114 valence electrons. The van der Waals surface area contributed by atoms with E-state index in [0.717, 1.165) is 12.8 Å². The number of nitrogens with zero attached hydrogens (tertiary/aromatic N) is 2. The summed E-state index contributed by atoms with van der Waals surface area (Å²) < 4.78 is 15.9. The van der Waals surface area contributed by atoms with E-state index >= 15 is 0 Å². The molecule has 0 amide bonds. The molecule has 0 aliphatic heterocycles. The van der Waals surface area contributed by atoms with Crippen LogP contribution in [0.25, 0.3) is 11.5 Å². The lowest BCUT2D eigenvalue weighted by Crippen LogP contribution is -2.28. The minimum Gasteiger partial charge on any atom is -0.507 e. The van der Waals surface area contributed by atoms with E-state index in [1.165, 1.54) is 13.2 Å². The summed E-state index contributed by atoms with van der Waals surface area (Å²) in [5.74, 6) is 1.33. The second-order valence-corrected chi connectivity index (χ2v) is 4.71. The first kappa shape index (κ1) is 15.3. The first-order valence-corrected chi connectivity index (χ1v) is 6.87. The maximum Gasteiger partial charge on any atom is 0.261 e. The Labute approximate surface area is 123 Å². The van der Waals surface area contributed by atoms with Gasteiger partial charge in [-0.25, -0.2) is 0 Å². The van der Waals surface area contributed by atoms with Crippen LogP contribution >= 0.6 is 0 Å². The first-order chi connectivity index (χ1) is 10.1. The van der Waals surface area contributed by atoms with E-state index < -0.39 is 5.60 Å². The van der Waals surface area contributed by atoms with Crippen LogP contribution in [-0.4, -0.2) is 29.5 Å². The Kier molecular flexibility index (Phi) is 4.47. The maximum atomic E-state index is 10.0. The summed E-state index contributed by atoms with van der Waals surface area (Å²) in [6.45, 7) is 4.02. The lowest BCUT2D eigenvalue weighted by atomic mass is 9.96. The van der Waals surface area contributed by atoms with E-state index in [9.17, 15) is 5.11 Å². The van der Waals surface area contributed by atoms with Crippen molar-refractivity contribution in [1.29, 1.82) is 0 Å². The van der Waals surface area contributed by atoms with Crippen LogP contribution in [0.5, 0.6) is 11.5 Å². The summed E-state index contributed by atoms with van der Waals surface area (Å²) in [5, 5.41) is 14.0. The molecule has 0 aliphatic carbocycles. The monoisotopic (exact) mass is 292 g/mol. The van der Waals surface area contributed by atoms with Crippen molar-refractivity contribution < 1.29 is 19.1 Å². The van der Waals surface area contributed by atoms with Crippen LogP contribution in [0.4, 0.5) is 0 Å². The SMILES string of the molecule is CCC(CC)(OC)c1noc(-c2ccc(OC)cc2O)n1. The predicted molar refractivity (Wildman–Crippen MR) is 77.2 cm³/mol. The molecular weight excluding hydrogens is 272 g/mol. The highest BCUT2D eigenvalue weighted by molar-refractivity contribution is 5.63. The number of phenols is 1. The summed E-state index contributed by atoms with van der Waals surface area (Å²) in [4.78, 5) is 4.38. The van der Waals surface area contributed by atoms with Crippen LogP contribution in [0.15, 0.2) is 22.7 Å². The number of aromatic nitrogens is 2. The molecule has 1 aromatic carbocycles. The Hall–Kier alpha value is -2.08. The quantitative estimate of drug-likeness (QED) is 0.881. The van der Waals surface area contributed by atoms with Gasteiger partial charge >= 0.3 is 0 Å². The molecule has 2 aromatic rings. The third-order valence-corrected chi connectivity index (χ3v) is 3.80. The molecular formula is C15H20N2O4. The molecule has 0 unspecified atom stereocenters. The number of ether oxygens (including phenoxy) is 2. The smallest absolute Gasteiger partial charge is 0.261 e. The fourth-order valence-electron chi connectivity index (χ4n) is 2.28. The zero-order chi connectivity index (χ0) is 15.5. The second-order valence-electron chi connectivity index (χ2n) is 4.71. The molecule has 21 heavy (non-hydrogen) atoms. The van der Waals surface area contributed by atoms with Crippen molar-refractivity contribution in [3.05, 3.63) is 24.0 Å². The van der Waals surface area contributed by atoms with Gasteiger partial charge in [-0.05, 0) is 25.0 Å². The fourth-order valence-corrected chi connectivity index (χ4v) is 2.28. The molecule has 1 heterocycles. The van der Waals surface area contributed by atoms with Gasteiger partial charge in [-0.15, -0.1) is 0 Å². The van der Waals surface area contributed by atoms with Gasteiger partial charge in [0.05, 0.1) is 12.7 Å². The van der Waals surface area contributed by atoms with Gasteiger partial charge in [0, 0.05) is 13.2 Å². The zero-order valence-corrected chi connectivity index (χ0v) is 12.7. The molecule has 0 radical (unpaired) electrons. The first-order valence-electron chi connectivity index (χ1n) is 6.87. The zero-order valence-electron chi connectivity index (χ0n) is 12.7. The third kappa shape index (κ3) is 2.71. The van der Waals surface area contributed by atoms with Crippen molar-refractivity contribution in [1.82, 2.24) is 10.1 Å². The number of methoxy groups -OCH3 is 2. The molecule has 0 spiro atoms. The van der Waals surface area contributed by atoms with E-state index in [-0.39, 0.29) is 11.6 Å². The summed E-state index contributed by atoms with van der Waals surface area (Å²) in [6.07, 6.45) is 1.46. The van der Waals surface area contributed by atoms with Crippen molar-refractivity contribution in [3.8, 4) is 23.0 Å². The minimum atomic E-state index is -0.566. The van der Waals surface area contributed by atoms with Gasteiger partial charge in [-0.3, -0.25) is 0 Å². The molecule has 0 aliphatic rings. The van der Waals surface area contributed by atoms with Crippen LogP contribution in [0.2, 0.25) is 0 Å². The van der Waals surface area contributed by atoms with Crippen molar-refractivity contribution in [3.63, 3.8) is 0 Å². The lowest BCUT2D eigenvalue weighted by Gasteiger charge is -2.25. The second kappa shape index (κ2) is 6.13. The molecule has 0 saturated carbocycles. The predicted octanol–water partition coefficient (Wildman–Crippen LogP) is 3.11. The largest absolute Gasteiger partial charge is 0.507 e. The normalized spacial score (nSPS) is 11.6. The Balaban J connectivity index is 2.40. The Morgan fingerprint density at radius 1 is 1.24 bits per heavy atom. The Morgan fingerprint density at radius 3 is 2.48 bits per heavy atom. The van der Waals surface area contributed by atoms with Crippen molar-refractivity contribution in [2.75, 3.05) is 14.2 Å². The Morgan fingerprint density at radius 2 is 1.95 bits per heavy atom. The molecule has 6 nitrogen and oxygen atoms in total. The van der Waals surface area contributed by atoms with Crippen LogP contribution in [0.1, 0.15) is 32.5 Å². The van der Waals surface area contributed by atoms with Crippen molar-refractivity contribution in [2.45, 2.75) is 32.3 Å². The average molecular weight is 292 g/mol. The fraction of sp³-hybridized carbons (Fsp3) is 0.467. The van der Waals surface area contributed by atoms with E-state index in [4.69, 9.17) is 14.0 Å². The van der Waals surface area contributed by atoms with E-state index in [0.29, 0.717) is 17.1 Å². The number of aromatic hydroxyl groups is 1. The summed E-state index contributed by atoms with van der Waals surface area (Å²) in [6, 6.07) is 4.91. The van der Waals surface area contributed by atoms with E-state index in [2.05, 4.69) is 10.1 Å². The molecule has 6 heteroatoms. The lowest BCUT2D eigenvalue weighted by molar-refractivity contribution is -0.0306. The topological polar surface area (TPSA) is 77.6 Å². The van der Waals surface area contributed by atoms with E-state index in [1.807, 2.05) is 13.8 Å². The molecule has 1 N–H and O–H groups in total. The van der Waals surface area contributed by atoms with Gasteiger partial charge in [0.15, 0.2) is 0 Å². The molecule has 2 rings (SSSR count). The van der Waals surface area contributed by atoms with E-state index in [1.54, 1.807) is 19.2 Å². The summed E-state index contributed by atoms with van der Waals surface area (Å²) >= 11 is 0. The highest BCUT2D eigenvalue weighted by Crippen LogP contribution is 2.35. The van der Waals surface area contributed by atoms with Gasteiger partial charge in [-0.2, -0.15) is 4.98 Å². The summed E-state index contributed by atoms with van der Waals surface area (Å²) in [7, 11) is 3.17. The standard InChI is InChI=1S/C15H20N2O4/c1-5-15(6-2,20-4)14-16-13(21-17-14)11-8-7-10(19-3)9-12(11)18/h7-9,18H,5-6H2,1-4H3. The highest BCUT2D eigenvalue weighted by Gasteiger charge is 2.34. The number of rotatable bonds is 6. The van der Waals surface area contributed by atoms with Gasteiger partial charge in [0.25, 0.3) is 5.89 Å². The number of hydrogen-bond acceptors (Lipinski definition) is 6. The van der Waals surface area contributed by atoms with Gasteiger partial charge in [-0.1, -0.05) is 19.0 Å². The molecule has 0 fully saturated rings. The molecule has 0 saturated heterocycles. The number of hydrogen-bond donors (Lipinski definition) is 1. The average Bonchev–Trinajstić information content (AvgIpc) is 2.99. The molecule has 0 bridgehead atoms. The van der Waals surface area contributed by atoms with Crippen molar-refractivity contribution in [2.24, 2.45) is 0 Å². The Bertz CT molecular complexity index is 597. The van der Waals surface area contributed by atoms with Gasteiger partial charge < -0.3 is 19.1 Å².